The van der Waals surface area contributed by atoms with Crippen LogP contribution in [0.15, 0.2) is 95.9 Å². The van der Waals surface area contributed by atoms with Gasteiger partial charge in [0.1, 0.15) is 11.5 Å². The minimum atomic E-state index is -0.452. The van der Waals surface area contributed by atoms with Gasteiger partial charge >= 0.3 is 6.40 Å². The van der Waals surface area contributed by atoms with Crippen molar-refractivity contribution in [3.8, 4) is 11.5 Å². The lowest BCUT2D eigenvalue weighted by Gasteiger charge is -2.16. The minimum absolute atomic E-state index is 0.452. The van der Waals surface area contributed by atoms with Crippen LogP contribution in [0.25, 0.3) is 0 Å². The van der Waals surface area contributed by atoms with Gasteiger partial charge in [-0.05, 0) is 36.4 Å². The molecule has 0 amide bonds. The Hall–Kier alpha value is -2.33. The normalized spacial score (nSPS) is 10.0. The van der Waals surface area contributed by atoms with Crippen LogP contribution in [0.5, 0.6) is 11.5 Å². The summed E-state index contributed by atoms with van der Waals surface area (Å²) >= 11 is 1.53. The van der Waals surface area contributed by atoms with Crippen molar-refractivity contribution in [3.63, 3.8) is 0 Å². The van der Waals surface area contributed by atoms with Gasteiger partial charge in [0.2, 0.25) is 0 Å². The molecule has 3 aromatic rings. The molecule has 0 unspecified atom stereocenters. The summed E-state index contributed by atoms with van der Waals surface area (Å²) in [5.41, 5.74) is 0. The Labute approximate surface area is 135 Å². The molecule has 0 bridgehead atoms. The van der Waals surface area contributed by atoms with Crippen LogP contribution in [0.1, 0.15) is 0 Å². The molecule has 108 valence electrons. The first-order chi connectivity index (χ1) is 10.9. The van der Waals surface area contributed by atoms with Gasteiger partial charge in [-0.2, -0.15) is 0 Å². The average Bonchev–Trinajstić information content (AvgIpc) is 2.57. The fourth-order valence-electron chi connectivity index (χ4n) is 1.90. The third kappa shape index (κ3) is 4.33. The van der Waals surface area contributed by atoms with Crippen molar-refractivity contribution in [1.29, 1.82) is 0 Å². The molecule has 4 heteroatoms. The number of para-hydroxylation sites is 2. The molecule has 0 N–H and O–H groups in total. The van der Waals surface area contributed by atoms with E-state index in [1.807, 2.05) is 91.0 Å². The zero-order valence-electron chi connectivity index (χ0n) is 12.0. The summed E-state index contributed by atoms with van der Waals surface area (Å²) in [4.78, 5) is 1.10. The van der Waals surface area contributed by atoms with Crippen LogP contribution in [0.3, 0.4) is 0 Å². The number of hydrogen-bond acceptors (Lipinski definition) is 3. The Kier molecular flexibility index (Phi) is 5.06. The number of rotatable bonds is 6. The molecule has 0 radical (unpaired) electrons. The van der Waals surface area contributed by atoms with E-state index in [2.05, 4.69) is 0 Å². The zero-order valence-corrected chi connectivity index (χ0v) is 12.8. The Morgan fingerprint density at radius 2 is 0.955 bits per heavy atom. The van der Waals surface area contributed by atoms with Gasteiger partial charge in [-0.25, -0.2) is 0 Å². The molecule has 0 saturated carbocycles. The van der Waals surface area contributed by atoms with E-state index in [1.165, 1.54) is 11.6 Å². The molecule has 0 aliphatic rings. The van der Waals surface area contributed by atoms with E-state index < -0.39 is 6.40 Å². The summed E-state index contributed by atoms with van der Waals surface area (Å²) in [6.45, 7) is 0. The smallest absolute Gasteiger partial charge is 0.517 e. The van der Waals surface area contributed by atoms with E-state index in [0.717, 1.165) is 16.4 Å². The van der Waals surface area contributed by atoms with Crippen molar-refractivity contribution in [2.24, 2.45) is 0 Å². The number of hydrogen-bond donors (Lipinski definition) is 0. The zero-order chi connectivity index (χ0) is 15.0. The van der Waals surface area contributed by atoms with Crippen LogP contribution < -0.4 is 9.31 Å². The van der Waals surface area contributed by atoms with Gasteiger partial charge in [0.15, 0.2) is 0 Å². The Balaban J connectivity index is 1.75. The van der Waals surface area contributed by atoms with Crippen molar-refractivity contribution in [2.75, 3.05) is 0 Å². The van der Waals surface area contributed by atoms with Crippen LogP contribution >= 0.6 is 11.6 Å². The monoisotopic (exact) mass is 306 g/mol. The van der Waals surface area contributed by atoms with Crippen LogP contribution in [0, 0.1) is 0 Å². The van der Waals surface area contributed by atoms with E-state index in [1.54, 1.807) is 0 Å². The second kappa shape index (κ2) is 7.62. The van der Waals surface area contributed by atoms with Crippen LogP contribution in [0.4, 0.5) is 0 Å². The van der Waals surface area contributed by atoms with Gasteiger partial charge in [0.25, 0.3) is 0 Å². The van der Waals surface area contributed by atoms with Gasteiger partial charge < -0.3 is 9.31 Å². The van der Waals surface area contributed by atoms with Gasteiger partial charge in [0.05, 0.1) is 0 Å². The molecule has 0 fully saturated rings. The maximum atomic E-state index is 5.96. The molecule has 3 rings (SSSR count). The Bertz CT molecular complexity index is 579. The van der Waals surface area contributed by atoms with Crippen LogP contribution in [-0.2, 0) is 0 Å². The lowest BCUT2D eigenvalue weighted by molar-refractivity contribution is 0.450. The molecule has 0 saturated heterocycles. The largest absolute Gasteiger partial charge is 0.676 e. The van der Waals surface area contributed by atoms with E-state index in [-0.39, 0.29) is 0 Å². The average molecular weight is 306 g/mol. The summed E-state index contributed by atoms with van der Waals surface area (Å²) < 4.78 is 11.9. The molecule has 0 spiro atoms. The lowest BCUT2D eigenvalue weighted by atomic mass is 10.3. The lowest BCUT2D eigenvalue weighted by Crippen LogP contribution is -2.26. The van der Waals surface area contributed by atoms with Gasteiger partial charge in [-0.3, -0.25) is 0 Å². The molecule has 0 heterocycles. The van der Waals surface area contributed by atoms with Crippen molar-refractivity contribution in [1.82, 2.24) is 0 Å². The first kappa shape index (κ1) is 14.6. The topological polar surface area (TPSA) is 18.5 Å². The standard InChI is InChI=1S/C18H15BO2S/c1-4-10-16(11-5-1)20-19(21-17-12-6-2-7-13-17)22-18-14-8-3-9-15-18/h1-15H. The fraction of sp³-hybridized carbons (Fsp3) is 0. The van der Waals surface area contributed by atoms with Crippen molar-refractivity contribution in [3.05, 3.63) is 91.0 Å². The van der Waals surface area contributed by atoms with Crippen molar-refractivity contribution >= 4 is 18.0 Å². The van der Waals surface area contributed by atoms with Crippen molar-refractivity contribution < 1.29 is 9.31 Å². The van der Waals surface area contributed by atoms with E-state index in [0.29, 0.717) is 0 Å². The van der Waals surface area contributed by atoms with Crippen molar-refractivity contribution in [2.45, 2.75) is 4.90 Å². The molecule has 0 aliphatic carbocycles. The molecule has 0 aromatic heterocycles. The van der Waals surface area contributed by atoms with Crippen LogP contribution in [-0.4, -0.2) is 6.40 Å². The van der Waals surface area contributed by atoms with Gasteiger partial charge in [-0.1, -0.05) is 66.2 Å². The van der Waals surface area contributed by atoms with E-state index in [4.69, 9.17) is 9.31 Å². The highest BCUT2D eigenvalue weighted by molar-refractivity contribution is 8.24. The molecule has 2 nitrogen and oxygen atoms in total. The molecular formula is C18H15BO2S. The first-order valence-electron chi connectivity index (χ1n) is 7.05. The molecule has 3 aromatic carbocycles. The summed E-state index contributed by atoms with van der Waals surface area (Å²) in [6.07, 6.45) is -0.452. The van der Waals surface area contributed by atoms with E-state index >= 15 is 0 Å². The number of benzene rings is 3. The predicted octanol–water partition coefficient (Wildman–Crippen LogP) is 4.92. The second-order valence-corrected chi connectivity index (χ2v) is 5.67. The molecule has 22 heavy (non-hydrogen) atoms. The highest BCUT2D eigenvalue weighted by atomic mass is 32.2. The third-order valence-corrected chi connectivity index (χ3v) is 3.86. The molecule has 0 atom stereocenters. The molecule has 0 aliphatic heterocycles. The maximum absolute atomic E-state index is 5.96. The second-order valence-electron chi connectivity index (χ2n) is 4.58. The van der Waals surface area contributed by atoms with E-state index in [9.17, 15) is 0 Å². The minimum Gasteiger partial charge on any atom is -0.517 e. The maximum Gasteiger partial charge on any atom is 0.676 e. The molecular weight excluding hydrogens is 291 g/mol. The summed E-state index contributed by atoms with van der Waals surface area (Å²) in [6, 6.07) is 29.5. The summed E-state index contributed by atoms with van der Waals surface area (Å²) in [5, 5.41) is 0. The Morgan fingerprint density at radius 1 is 0.545 bits per heavy atom. The SMILES string of the molecule is c1ccc(OB(Oc2ccccc2)Sc2ccccc2)cc1. The highest BCUT2D eigenvalue weighted by Crippen LogP contribution is 2.25. The highest BCUT2D eigenvalue weighted by Gasteiger charge is 2.25. The predicted molar refractivity (Wildman–Crippen MR) is 92.2 cm³/mol. The quantitative estimate of drug-likeness (QED) is 0.602. The summed E-state index contributed by atoms with van der Waals surface area (Å²) in [5.74, 6) is 1.57. The first-order valence-corrected chi connectivity index (χ1v) is 7.93. The fourth-order valence-corrected chi connectivity index (χ4v) is 2.76. The van der Waals surface area contributed by atoms with Crippen LogP contribution in [0.2, 0.25) is 0 Å². The van der Waals surface area contributed by atoms with Gasteiger partial charge in [0, 0.05) is 4.90 Å². The Morgan fingerprint density at radius 3 is 1.41 bits per heavy atom. The summed E-state index contributed by atoms with van der Waals surface area (Å²) in [7, 11) is 0. The van der Waals surface area contributed by atoms with Gasteiger partial charge in [-0.15, -0.1) is 0 Å². The third-order valence-electron chi connectivity index (χ3n) is 2.93.